The summed E-state index contributed by atoms with van der Waals surface area (Å²) in [6.45, 7) is 1.96. The van der Waals surface area contributed by atoms with Gasteiger partial charge in [0.05, 0.1) is 28.5 Å². The zero-order chi connectivity index (χ0) is 29.2. The molecular formula is C33H25ClN2O4S2. The SMILES string of the molecule is CCOC(=O)C1=C(c2ccccc2)N=c2s/c(=C\c3ccc(-c4cccc(Cl)c4)o3)c(=O)n2C1c1ccc(SC)cc1. The van der Waals surface area contributed by atoms with Crippen molar-refractivity contribution in [2.45, 2.75) is 17.9 Å². The first-order valence-corrected chi connectivity index (χ1v) is 15.7. The number of aromatic nitrogens is 1. The fourth-order valence-electron chi connectivity index (χ4n) is 4.90. The molecule has 9 heteroatoms. The van der Waals surface area contributed by atoms with Crippen molar-refractivity contribution in [2.75, 3.05) is 12.9 Å². The topological polar surface area (TPSA) is 73.8 Å². The van der Waals surface area contributed by atoms with Crippen LogP contribution in [0.15, 0.2) is 116 Å². The van der Waals surface area contributed by atoms with Crippen LogP contribution in [0.4, 0.5) is 0 Å². The number of furan rings is 1. The first-order chi connectivity index (χ1) is 20.5. The Morgan fingerprint density at radius 2 is 1.81 bits per heavy atom. The Bertz CT molecular complexity index is 1990. The summed E-state index contributed by atoms with van der Waals surface area (Å²) in [5, 5.41) is 0.607. The molecule has 1 aliphatic heterocycles. The molecule has 0 fully saturated rings. The molecule has 6 nitrogen and oxygen atoms in total. The van der Waals surface area contributed by atoms with Gasteiger partial charge in [0.25, 0.3) is 5.56 Å². The molecule has 0 N–H and O–H groups in total. The van der Waals surface area contributed by atoms with Gasteiger partial charge >= 0.3 is 5.97 Å². The normalized spacial score (nSPS) is 14.9. The number of halogens is 1. The number of ether oxygens (including phenoxy) is 1. The molecule has 0 saturated heterocycles. The second-order valence-corrected chi connectivity index (χ2v) is 11.7. The van der Waals surface area contributed by atoms with Gasteiger partial charge in [0, 0.05) is 27.1 Å². The number of benzene rings is 3. The molecule has 0 radical (unpaired) electrons. The number of carbonyl (C=O) groups excluding carboxylic acids is 1. The first kappa shape index (κ1) is 28.0. The van der Waals surface area contributed by atoms with Crippen LogP contribution in [0.1, 0.15) is 29.9 Å². The minimum absolute atomic E-state index is 0.195. The van der Waals surface area contributed by atoms with E-state index >= 15 is 0 Å². The molecule has 3 heterocycles. The van der Waals surface area contributed by atoms with Crippen molar-refractivity contribution in [1.82, 2.24) is 4.57 Å². The molecule has 3 aromatic carbocycles. The van der Waals surface area contributed by atoms with Gasteiger partial charge in [-0.15, -0.1) is 11.8 Å². The Hall–Kier alpha value is -4.11. The van der Waals surface area contributed by atoms with Crippen LogP contribution in [0, 0.1) is 0 Å². The minimum Gasteiger partial charge on any atom is -0.463 e. The average Bonchev–Trinajstić information content (AvgIpc) is 3.61. The molecule has 2 aromatic heterocycles. The van der Waals surface area contributed by atoms with Gasteiger partial charge in [0.1, 0.15) is 11.5 Å². The van der Waals surface area contributed by atoms with E-state index in [1.807, 2.05) is 91.2 Å². The van der Waals surface area contributed by atoms with E-state index in [1.165, 1.54) is 11.3 Å². The van der Waals surface area contributed by atoms with Crippen LogP contribution in [0.5, 0.6) is 0 Å². The van der Waals surface area contributed by atoms with Gasteiger partial charge in [-0.1, -0.05) is 77.5 Å². The second-order valence-electron chi connectivity index (χ2n) is 9.42. The highest BCUT2D eigenvalue weighted by molar-refractivity contribution is 7.98. The molecule has 1 atom stereocenters. The molecule has 1 aliphatic rings. The van der Waals surface area contributed by atoms with E-state index in [0.29, 0.717) is 37.1 Å². The van der Waals surface area contributed by atoms with Crippen LogP contribution in [0.2, 0.25) is 5.02 Å². The number of nitrogens with zero attached hydrogens (tertiary/aromatic N) is 2. The van der Waals surface area contributed by atoms with Crippen LogP contribution in [0.25, 0.3) is 23.1 Å². The van der Waals surface area contributed by atoms with E-state index in [9.17, 15) is 9.59 Å². The fourth-order valence-corrected chi connectivity index (χ4v) is 6.48. The van der Waals surface area contributed by atoms with Gasteiger partial charge in [0.15, 0.2) is 4.80 Å². The van der Waals surface area contributed by atoms with Gasteiger partial charge < -0.3 is 9.15 Å². The zero-order valence-electron chi connectivity index (χ0n) is 22.7. The lowest BCUT2D eigenvalue weighted by Gasteiger charge is -2.26. The third kappa shape index (κ3) is 5.41. The quantitative estimate of drug-likeness (QED) is 0.154. The fraction of sp³-hybridized carbons (Fsp3) is 0.121. The second kappa shape index (κ2) is 12.0. The number of thioether (sulfide) groups is 1. The van der Waals surface area contributed by atoms with Crippen LogP contribution >= 0.6 is 34.7 Å². The van der Waals surface area contributed by atoms with Crippen molar-refractivity contribution in [3.8, 4) is 11.3 Å². The average molecular weight is 613 g/mol. The highest BCUT2D eigenvalue weighted by atomic mass is 35.5. The van der Waals surface area contributed by atoms with E-state index in [2.05, 4.69) is 0 Å². The Balaban J connectivity index is 1.56. The molecular weight excluding hydrogens is 588 g/mol. The molecule has 1 unspecified atom stereocenters. The number of fused-ring (bicyclic) bond motifs is 1. The van der Waals surface area contributed by atoms with Crippen molar-refractivity contribution >= 4 is 52.4 Å². The predicted molar refractivity (Wildman–Crippen MR) is 168 cm³/mol. The first-order valence-electron chi connectivity index (χ1n) is 13.2. The Labute approximate surface area is 255 Å². The molecule has 0 bridgehead atoms. The van der Waals surface area contributed by atoms with Crippen molar-refractivity contribution in [3.63, 3.8) is 0 Å². The van der Waals surface area contributed by atoms with Crippen molar-refractivity contribution < 1.29 is 13.9 Å². The molecule has 6 rings (SSSR count). The predicted octanol–water partition coefficient (Wildman–Crippen LogP) is 6.57. The van der Waals surface area contributed by atoms with Gasteiger partial charge in [-0.05, 0) is 55.1 Å². The summed E-state index contributed by atoms with van der Waals surface area (Å²) in [5.74, 6) is 0.647. The molecule has 42 heavy (non-hydrogen) atoms. The molecule has 0 aliphatic carbocycles. The number of hydrogen-bond donors (Lipinski definition) is 0. The summed E-state index contributed by atoms with van der Waals surface area (Å²) < 4.78 is 13.6. The summed E-state index contributed by atoms with van der Waals surface area (Å²) in [7, 11) is 0. The van der Waals surface area contributed by atoms with Crippen LogP contribution < -0.4 is 14.9 Å². The van der Waals surface area contributed by atoms with E-state index < -0.39 is 12.0 Å². The van der Waals surface area contributed by atoms with E-state index in [-0.39, 0.29) is 12.2 Å². The zero-order valence-corrected chi connectivity index (χ0v) is 25.1. The number of carbonyl (C=O) groups is 1. The summed E-state index contributed by atoms with van der Waals surface area (Å²) in [5.41, 5.74) is 2.92. The van der Waals surface area contributed by atoms with E-state index in [0.717, 1.165) is 21.6 Å². The largest absolute Gasteiger partial charge is 0.463 e. The molecule has 0 saturated carbocycles. The maximum Gasteiger partial charge on any atom is 0.338 e. The smallest absolute Gasteiger partial charge is 0.338 e. The van der Waals surface area contributed by atoms with Crippen LogP contribution in [-0.2, 0) is 9.53 Å². The number of thiazole rings is 1. The molecule has 5 aromatic rings. The molecule has 210 valence electrons. The number of rotatable bonds is 7. The van der Waals surface area contributed by atoms with E-state index in [1.54, 1.807) is 35.4 Å². The van der Waals surface area contributed by atoms with Gasteiger partial charge in [-0.2, -0.15) is 0 Å². The van der Waals surface area contributed by atoms with Crippen molar-refractivity contribution in [1.29, 1.82) is 0 Å². The maximum absolute atomic E-state index is 14.1. The van der Waals surface area contributed by atoms with Crippen molar-refractivity contribution in [3.05, 3.63) is 138 Å². The Morgan fingerprint density at radius 1 is 1.05 bits per heavy atom. The number of esters is 1. The highest BCUT2D eigenvalue weighted by Gasteiger charge is 2.35. The highest BCUT2D eigenvalue weighted by Crippen LogP contribution is 2.35. The molecule has 0 amide bonds. The molecule has 0 spiro atoms. The number of hydrogen-bond acceptors (Lipinski definition) is 7. The lowest BCUT2D eigenvalue weighted by molar-refractivity contribution is -0.138. The third-order valence-corrected chi connectivity index (χ3v) is 8.78. The van der Waals surface area contributed by atoms with Crippen LogP contribution in [0.3, 0.4) is 0 Å². The summed E-state index contributed by atoms with van der Waals surface area (Å²) >= 11 is 9.03. The van der Waals surface area contributed by atoms with Crippen molar-refractivity contribution in [2.24, 2.45) is 4.99 Å². The third-order valence-electron chi connectivity index (χ3n) is 6.81. The van der Waals surface area contributed by atoms with Crippen LogP contribution in [-0.4, -0.2) is 23.4 Å². The summed E-state index contributed by atoms with van der Waals surface area (Å²) in [6, 6.07) is 27.7. The standard InChI is InChI=1S/C33H25ClN2O4S2/c1-3-39-32(38)28-29(20-8-5-4-6-9-20)35-33-36(30(28)21-12-15-25(41-2)16-13-21)31(37)27(42-33)19-24-14-17-26(40-24)22-10-7-11-23(34)18-22/h4-19,30H,3H2,1-2H3/b27-19-. The monoisotopic (exact) mass is 612 g/mol. The van der Waals surface area contributed by atoms with E-state index in [4.69, 9.17) is 25.7 Å². The minimum atomic E-state index is -0.729. The Morgan fingerprint density at radius 3 is 2.52 bits per heavy atom. The summed E-state index contributed by atoms with van der Waals surface area (Å²) in [4.78, 5) is 34.1. The van der Waals surface area contributed by atoms with Gasteiger partial charge in [0.2, 0.25) is 0 Å². The Kier molecular flexibility index (Phi) is 8.02. The lowest BCUT2D eigenvalue weighted by atomic mass is 9.93. The van der Waals surface area contributed by atoms with Gasteiger partial charge in [-0.25, -0.2) is 9.79 Å². The maximum atomic E-state index is 14.1. The lowest BCUT2D eigenvalue weighted by Crippen LogP contribution is -2.40. The summed E-state index contributed by atoms with van der Waals surface area (Å²) in [6.07, 6.45) is 3.71. The van der Waals surface area contributed by atoms with Gasteiger partial charge in [-0.3, -0.25) is 9.36 Å².